The molecule has 0 radical (unpaired) electrons. The largest absolute Gasteiger partial charge is 0.332 e. The Kier molecular flexibility index (Phi) is 1.59. The predicted molar refractivity (Wildman–Crippen MR) is 34.3 cm³/mol. The maximum absolute atomic E-state index is 10.8. The monoisotopic (exact) mass is 146 g/mol. The zero-order chi connectivity index (χ0) is 7.02. The summed E-state index contributed by atoms with van der Waals surface area (Å²) < 4.78 is 0. The molecule has 1 fully saturated rings. The Morgan fingerprint density at radius 2 is 2.22 bits per heavy atom. The van der Waals surface area contributed by atoms with Gasteiger partial charge in [0.25, 0.3) is 0 Å². The molecule has 4 heteroatoms. The molecule has 50 valence electrons. The lowest BCUT2D eigenvalue weighted by atomic mass is 10.4. The average molecular weight is 146 g/mol. The number of rotatable bonds is 0. The molecule has 0 aromatic rings. The number of carbonyl (C=O) groups is 2. The van der Waals surface area contributed by atoms with E-state index in [2.05, 4.69) is 12.6 Å². The summed E-state index contributed by atoms with van der Waals surface area (Å²) in [5, 5.41) is -0.363. The van der Waals surface area contributed by atoms with Crippen LogP contribution in [0.5, 0.6) is 0 Å². The predicted octanol–water partition coefficient (Wildman–Crippen LogP) is -1.74. The Morgan fingerprint density at radius 3 is 2.33 bits per heavy atom. The van der Waals surface area contributed by atoms with E-state index in [4.69, 9.17) is 0 Å². The number of hydrogen-bond donors (Lipinski definition) is 2. The van der Waals surface area contributed by atoms with Gasteiger partial charge in [-0.25, -0.2) is 14.5 Å². The number of likely N-dealkylation sites (tertiary alicyclic amines) is 1. The zero-order valence-electron chi connectivity index (χ0n) is 5.05. The fourth-order valence-corrected chi connectivity index (χ4v) is 1.17. The van der Waals surface area contributed by atoms with Crippen molar-refractivity contribution in [3.05, 3.63) is 0 Å². The molecule has 2 atom stereocenters. The van der Waals surface area contributed by atoms with Crippen molar-refractivity contribution in [3.63, 3.8) is 0 Å². The third-order valence-electron chi connectivity index (χ3n) is 1.47. The minimum absolute atomic E-state index is 0.0556. The van der Waals surface area contributed by atoms with Gasteiger partial charge in [-0.2, -0.15) is 12.6 Å². The first kappa shape index (κ1) is 6.77. The van der Waals surface area contributed by atoms with Gasteiger partial charge in [-0.1, -0.05) is 0 Å². The number of nitrogens with one attached hydrogen (secondary N) is 1. The topological polar surface area (TPSA) is 38.6 Å². The second-order valence-electron chi connectivity index (χ2n) is 2.13. The van der Waals surface area contributed by atoms with E-state index in [1.165, 1.54) is 0 Å². The van der Waals surface area contributed by atoms with Gasteiger partial charge in [-0.3, -0.25) is 0 Å². The average Bonchev–Trinajstić information content (AvgIpc) is 1.98. The summed E-state index contributed by atoms with van der Waals surface area (Å²) >= 11 is 3.91. The summed E-state index contributed by atoms with van der Waals surface area (Å²) in [4.78, 5) is 21.8. The van der Waals surface area contributed by atoms with Crippen molar-refractivity contribution in [2.75, 3.05) is 7.05 Å². The van der Waals surface area contributed by atoms with E-state index in [1.807, 2.05) is 0 Å². The molecule has 1 heterocycles. The molecule has 0 saturated carbocycles. The van der Waals surface area contributed by atoms with E-state index < -0.39 is 0 Å². The third kappa shape index (κ3) is 0.997. The number of imide groups is 1. The Morgan fingerprint density at radius 1 is 1.67 bits per heavy atom. The van der Waals surface area contributed by atoms with Crippen molar-refractivity contribution in [1.29, 1.82) is 0 Å². The van der Waals surface area contributed by atoms with Crippen molar-refractivity contribution in [3.8, 4) is 0 Å². The van der Waals surface area contributed by atoms with Crippen LogP contribution in [0.2, 0.25) is 0 Å². The lowest BCUT2D eigenvalue weighted by Crippen LogP contribution is -3.12. The molecular formula is C5H8NO2S+. The summed E-state index contributed by atoms with van der Waals surface area (Å²) in [6.45, 7) is 0. The fraction of sp³-hybridized carbons (Fsp3) is 0.600. The lowest BCUT2D eigenvalue weighted by molar-refractivity contribution is -0.707. The van der Waals surface area contributed by atoms with Crippen LogP contribution in [0.15, 0.2) is 0 Å². The minimum Gasteiger partial charge on any atom is -0.230 e. The van der Waals surface area contributed by atoms with Crippen LogP contribution in [-0.2, 0) is 9.59 Å². The molecule has 1 aliphatic heterocycles. The third-order valence-corrected chi connectivity index (χ3v) is 1.89. The van der Waals surface area contributed by atoms with Crippen LogP contribution in [-0.4, -0.2) is 24.1 Å². The Hall–Kier alpha value is -0.350. The summed E-state index contributed by atoms with van der Waals surface area (Å²) in [6.07, 6.45) is 0.285. The van der Waals surface area contributed by atoms with E-state index >= 15 is 0 Å². The molecule has 0 bridgehead atoms. The van der Waals surface area contributed by atoms with Crippen LogP contribution in [0.3, 0.4) is 0 Å². The molecule has 0 aromatic heterocycles. The van der Waals surface area contributed by atoms with Crippen molar-refractivity contribution < 1.29 is 14.5 Å². The SMILES string of the molecule is C[NH+]1C(=O)CC(S)C1=O. The fourth-order valence-electron chi connectivity index (χ4n) is 0.809. The van der Waals surface area contributed by atoms with Crippen molar-refractivity contribution in [2.45, 2.75) is 11.7 Å². The molecule has 1 N–H and O–H groups in total. The van der Waals surface area contributed by atoms with E-state index in [-0.39, 0.29) is 23.5 Å². The standard InChI is InChI=1S/C5H7NO2S/c1-6-4(7)2-3(9)5(6)8/h3,9H,2H2,1H3/p+1. The van der Waals surface area contributed by atoms with Gasteiger partial charge in [0.2, 0.25) is 0 Å². The molecule has 1 rings (SSSR count). The summed E-state index contributed by atoms with van der Waals surface area (Å²) in [5.41, 5.74) is 0. The smallest absolute Gasteiger partial charge is 0.230 e. The van der Waals surface area contributed by atoms with E-state index in [0.717, 1.165) is 0 Å². The Balaban J connectivity index is 2.77. The quantitative estimate of drug-likeness (QED) is 0.314. The molecule has 9 heavy (non-hydrogen) atoms. The van der Waals surface area contributed by atoms with Crippen LogP contribution in [0, 0.1) is 0 Å². The highest BCUT2D eigenvalue weighted by atomic mass is 32.1. The van der Waals surface area contributed by atoms with Crippen molar-refractivity contribution >= 4 is 24.4 Å². The number of carbonyl (C=O) groups excluding carboxylic acids is 2. The second kappa shape index (κ2) is 2.11. The first-order chi connectivity index (χ1) is 4.13. The van der Waals surface area contributed by atoms with Crippen LogP contribution >= 0.6 is 12.6 Å². The maximum Gasteiger partial charge on any atom is 0.332 e. The summed E-state index contributed by atoms with van der Waals surface area (Å²) in [5.74, 6) is -0.164. The van der Waals surface area contributed by atoms with Gasteiger partial charge in [0.05, 0.1) is 13.5 Å². The van der Waals surface area contributed by atoms with Gasteiger partial charge in [0.1, 0.15) is 5.25 Å². The van der Waals surface area contributed by atoms with Gasteiger partial charge in [0.15, 0.2) is 0 Å². The van der Waals surface area contributed by atoms with Crippen LogP contribution < -0.4 is 4.90 Å². The van der Waals surface area contributed by atoms with Crippen LogP contribution in [0.25, 0.3) is 0 Å². The van der Waals surface area contributed by atoms with Gasteiger partial charge in [-0.15, -0.1) is 0 Å². The van der Waals surface area contributed by atoms with Crippen molar-refractivity contribution in [1.82, 2.24) is 0 Å². The first-order valence-corrected chi connectivity index (χ1v) is 3.23. The Bertz CT molecular complexity index is 168. The maximum atomic E-state index is 10.8. The van der Waals surface area contributed by atoms with Gasteiger partial charge in [-0.05, 0) is 0 Å². The number of thiol groups is 1. The molecule has 2 unspecified atom stereocenters. The van der Waals surface area contributed by atoms with Gasteiger partial charge >= 0.3 is 11.8 Å². The van der Waals surface area contributed by atoms with Gasteiger partial charge in [0, 0.05) is 0 Å². The molecule has 0 spiro atoms. The molecule has 2 amide bonds. The number of quaternary nitrogens is 1. The van der Waals surface area contributed by atoms with Crippen LogP contribution in [0.1, 0.15) is 6.42 Å². The molecule has 3 nitrogen and oxygen atoms in total. The molecular weight excluding hydrogens is 138 g/mol. The highest BCUT2D eigenvalue weighted by Crippen LogP contribution is 2.02. The highest BCUT2D eigenvalue weighted by molar-refractivity contribution is 7.81. The Labute approximate surface area is 58.4 Å². The van der Waals surface area contributed by atoms with Gasteiger partial charge < -0.3 is 0 Å². The normalized spacial score (nSPS) is 35.8. The van der Waals surface area contributed by atoms with Crippen LogP contribution in [0.4, 0.5) is 0 Å². The lowest BCUT2D eigenvalue weighted by Gasteiger charge is -1.95. The number of hydrogen-bond acceptors (Lipinski definition) is 3. The molecule has 1 saturated heterocycles. The highest BCUT2D eigenvalue weighted by Gasteiger charge is 2.39. The molecule has 0 aliphatic carbocycles. The van der Waals surface area contributed by atoms with E-state index in [9.17, 15) is 9.59 Å². The molecule has 1 aliphatic rings. The minimum atomic E-state index is -0.363. The van der Waals surface area contributed by atoms with E-state index in [0.29, 0.717) is 4.90 Å². The first-order valence-electron chi connectivity index (χ1n) is 2.72. The summed E-state index contributed by atoms with van der Waals surface area (Å²) in [6, 6.07) is 0. The second-order valence-corrected chi connectivity index (χ2v) is 2.76. The summed E-state index contributed by atoms with van der Waals surface area (Å²) in [7, 11) is 1.56. The van der Waals surface area contributed by atoms with E-state index in [1.54, 1.807) is 7.05 Å². The zero-order valence-corrected chi connectivity index (χ0v) is 5.94. The molecule has 0 aromatic carbocycles. The van der Waals surface area contributed by atoms with Crippen molar-refractivity contribution in [2.24, 2.45) is 0 Å². The number of amides is 2.